The summed E-state index contributed by atoms with van der Waals surface area (Å²) in [6.45, 7) is 4.16. The number of aryl methyl sites for hydroxylation is 2. The molecule has 0 aliphatic heterocycles. The fraction of sp³-hybridized carbons (Fsp3) is 0.538. The number of hydrogen-bond acceptors (Lipinski definition) is 2. The van der Waals surface area contributed by atoms with Crippen LogP contribution in [-0.2, 0) is 0 Å². The van der Waals surface area contributed by atoms with Crippen molar-refractivity contribution < 1.29 is 4.74 Å². The van der Waals surface area contributed by atoms with E-state index in [1.54, 1.807) is 0 Å². The molecule has 1 aliphatic carbocycles. The molecule has 0 spiro atoms. The van der Waals surface area contributed by atoms with Gasteiger partial charge in [-0.2, -0.15) is 0 Å². The van der Waals surface area contributed by atoms with Gasteiger partial charge in [-0.15, -0.1) is 0 Å². The number of rotatable bonds is 2. The van der Waals surface area contributed by atoms with E-state index < -0.39 is 0 Å². The number of benzene rings is 1. The van der Waals surface area contributed by atoms with Crippen LogP contribution in [0.15, 0.2) is 18.2 Å². The second-order valence-corrected chi connectivity index (χ2v) is 4.52. The highest BCUT2D eigenvalue weighted by Gasteiger charge is 2.25. The van der Waals surface area contributed by atoms with Gasteiger partial charge in [0.2, 0.25) is 0 Å². The Kier molecular flexibility index (Phi) is 2.96. The summed E-state index contributed by atoms with van der Waals surface area (Å²) in [5.74, 6) is 0.998. The molecular weight excluding hydrogens is 186 g/mol. The van der Waals surface area contributed by atoms with E-state index in [-0.39, 0.29) is 12.1 Å². The molecule has 1 fully saturated rings. The molecule has 2 unspecified atom stereocenters. The third-order valence-electron chi connectivity index (χ3n) is 3.13. The monoisotopic (exact) mass is 205 g/mol. The highest BCUT2D eigenvalue weighted by Crippen LogP contribution is 2.26. The van der Waals surface area contributed by atoms with Gasteiger partial charge in [0, 0.05) is 6.04 Å². The van der Waals surface area contributed by atoms with Crippen LogP contribution in [-0.4, -0.2) is 12.1 Å². The fourth-order valence-electron chi connectivity index (χ4n) is 2.10. The van der Waals surface area contributed by atoms with Crippen molar-refractivity contribution in [3.05, 3.63) is 29.3 Å². The molecule has 0 amide bonds. The van der Waals surface area contributed by atoms with Crippen LogP contribution < -0.4 is 10.5 Å². The van der Waals surface area contributed by atoms with E-state index in [4.69, 9.17) is 10.5 Å². The lowest BCUT2D eigenvalue weighted by atomic mass is 10.1. The summed E-state index contributed by atoms with van der Waals surface area (Å²) in [5.41, 5.74) is 8.42. The van der Waals surface area contributed by atoms with Crippen LogP contribution in [0.4, 0.5) is 0 Å². The molecule has 1 saturated carbocycles. The van der Waals surface area contributed by atoms with Crippen molar-refractivity contribution in [3.8, 4) is 5.75 Å². The zero-order valence-corrected chi connectivity index (χ0v) is 9.49. The minimum absolute atomic E-state index is 0.213. The van der Waals surface area contributed by atoms with Crippen LogP contribution in [0.25, 0.3) is 0 Å². The zero-order chi connectivity index (χ0) is 10.8. The van der Waals surface area contributed by atoms with Gasteiger partial charge < -0.3 is 10.5 Å². The normalized spacial score (nSPS) is 25.5. The Morgan fingerprint density at radius 1 is 1.27 bits per heavy atom. The molecule has 0 aromatic heterocycles. The first-order valence-corrected chi connectivity index (χ1v) is 5.66. The second-order valence-electron chi connectivity index (χ2n) is 4.52. The minimum atomic E-state index is 0.213. The lowest BCUT2D eigenvalue weighted by Crippen LogP contribution is -2.33. The quantitative estimate of drug-likeness (QED) is 0.805. The first-order chi connectivity index (χ1) is 7.16. The molecule has 1 aromatic rings. The molecule has 0 bridgehead atoms. The van der Waals surface area contributed by atoms with E-state index in [9.17, 15) is 0 Å². The molecule has 2 heteroatoms. The van der Waals surface area contributed by atoms with Crippen molar-refractivity contribution >= 4 is 0 Å². The maximum Gasteiger partial charge on any atom is 0.122 e. The fourth-order valence-corrected chi connectivity index (χ4v) is 2.10. The molecule has 0 radical (unpaired) electrons. The Labute approximate surface area is 91.4 Å². The predicted octanol–water partition coefficient (Wildman–Crippen LogP) is 2.56. The van der Waals surface area contributed by atoms with Gasteiger partial charge in [0.1, 0.15) is 11.9 Å². The molecule has 0 saturated heterocycles. The predicted molar refractivity (Wildman–Crippen MR) is 62.2 cm³/mol. The third-order valence-corrected chi connectivity index (χ3v) is 3.13. The van der Waals surface area contributed by atoms with Crippen LogP contribution >= 0.6 is 0 Å². The summed E-state index contributed by atoms with van der Waals surface area (Å²) >= 11 is 0. The van der Waals surface area contributed by atoms with Crippen molar-refractivity contribution in [1.29, 1.82) is 0 Å². The first kappa shape index (κ1) is 10.5. The van der Waals surface area contributed by atoms with Crippen LogP contribution in [0.3, 0.4) is 0 Å². The van der Waals surface area contributed by atoms with Gasteiger partial charge in [0.25, 0.3) is 0 Å². The Hall–Kier alpha value is -1.02. The summed E-state index contributed by atoms with van der Waals surface area (Å²) in [6.07, 6.45) is 3.59. The molecule has 2 N–H and O–H groups in total. The Morgan fingerprint density at radius 3 is 2.73 bits per heavy atom. The number of ether oxygens (including phenoxy) is 1. The van der Waals surface area contributed by atoms with E-state index in [1.807, 2.05) is 0 Å². The van der Waals surface area contributed by atoms with Crippen molar-refractivity contribution in [3.63, 3.8) is 0 Å². The molecule has 82 valence electrons. The van der Waals surface area contributed by atoms with Crippen LogP contribution in [0.5, 0.6) is 5.75 Å². The van der Waals surface area contributed by atoms with Gasteiger partial charge in [-0.3, -0.25) is 0 Å². The summed E-state index contributed by atoms with van der Waals surface area (Å²) in [5, 5.41) is 0. The number of hydrogen-bond donors (Lipinski definition) is 1. The van der Waals surface area contributed by atoms with E-state index in [0.29, 0.717) is 0 Å². The third kappa shape index (κ3) is 2.32. The molecule has 2 nitrogen and oxygen atoms in total. The van der Waals surface area contributed by atoms with Gasteiger partial charge in [-0.1, -0.05) is 12.1 Å². The second kappa shape index (κ2) is 4.23. The van der Waals surface area contributed by atoms with E-state index in [1.165, 1.54) is 17.5 Å². The van der Waals surface area contributed by atoms with Crippen LogP contribution in [0.2, 0.25) is 0 Å². The highest BCUT2D eigenvalue weighted by atomic mass is 16.5. The molecule has 2 rings (SSSR count). The summed E-state index contributed by atoms with van der Waals surface area (Å²) in [7, 11) is 0. The summed E-state index contributed by atoms with van der Waals surface area (Å²) in [4.78, 5) is 0. The smallest absolute Gasteiger partial charge is 0.122 e. The molecule has 0 heterocycles. The van der Waals surface area contributed by atoms with Crippen molar-refractivity contribution in [2.24, 2.45) is 5.73 Å². The maximum absolute atomic E-state index is 5.99. The van der Waals surface area contributed by atoms with Crippen LogP contribution in [0, 0.1) is 13.8 Å². The largest absolute Gasteiger partial charge is 0.489 e. The van der Waals surface area contributed by atoms with Gasteiger partial charge >= 0.3 is 0 Å². The molecule has 2 atom stereocenters. The van der Waals surface area contributed by atoms with Gasteiger partial charge in [0.05, 0.1) is 0 Å². The van der Waals surface area contributed by atoms with Crippen LogP contribution in [0.1, 0.15) is 30.4 Å². The molecule has 1 aliphatic rings. The highest BCUT2D eigenvalue weighted by molar-refractivity contribution is 5.36. The van der Waals surface area contributed by atoms with Crippen molar-refractivity contribution in [2.45, 2.75) is 45.3 Å². The first-order valence-electron chi connectivity index (χ1n) is 5.66. The Morgan fingerprint density at radius 2 is 2.07 bits per heavy atom. The van der Waals surface area contributed by atoms with Gasteiger partial charge in [0.15, 0.2) is 0 Å². The van der Waals surface area contributed by atoms with Gasteiger partial charge in [-0.25, -0.2) is 0 Å². The summed E-state index contributed by atoms with van der Waals surface area (Å²) in [6, 6.07) is 6.52. The summed E-state index contributed by atoms with van der Waals surface area (Å²) < 4.78 is 5.97. The van der Waals surface area contributed by atoms with E-state index >= 15 is 0 Å². The molecule has 15 heavy (non-hydrogen) atoms. The Bertz CT molecular complexity index is 348. The number of nitrogens with two attached hydrogens (primary N) is 1. The Balaban J connectivity index is 2.12. The van der Waals surface area contributed by atoms with E-state index in [2.05, 4.69) is 32.0 Å². The zero-order valence-electron chi connectivity index (χ0n) is 9.49. The van der Waals surface area contributed by atoms with Gasteiger partial charge in [-0.05, 0) is 50.3 Å². The SMILES string of the molecule is Cc1ccc(C)c(OC2CCCC2N)c1. The van der Waals surface area contributed by atoms with E-state index in [0.717, 1.165) is 18.6 Å². The lowest BCUT2D eigenvalue weighted by molar-refractivity contribution is 0.190. The maximum atomic E-state index is 5.99. The molecular formula is C13H19NO. The lowest BCUT2D eigenvalue weighted by Gasteiger charge is -2.19. The van der Waals surface area contributed by atoms with Crippen molar-refractivity contribution in [1.82, 2.24) is 0 Å². The van der Waals surface area contributed by atoms with Crippen molar-refractivity contribution in [2.75, 3.05) is 0 Å². The average molecular weight is 205 g/mol. The minimum Gasteiger partial charge on any atom is -0.489 e. The molecule has 1 aromatic carbocycles. The standard InChI is InChI=1S/C13H19NO/c1-9-6-7-10(2)13(8-9)15-12-5-3-4-11(12)14/h6-8,11-12H,3-5,14H2,1-2H3. The average Bonchev–Trinajstić information content (AvgIpc) is 2.58. The topological polar surface area (TPSA) is 35.2 Å².